The van der Waals surface area contributed by atoms with Gasteiger partial charge in [-0.15, -0.1) is 6.42 Å². The number of halogens is 1. The van der Waals surface area contributed by atoms with Crippen LogP contribution in [0.15, 0.2) is 23.1 Å². The molecule has 1 aromatic carbocycles. The van der Waals surface area contributed by atoms with Crippen molar-refractivity contribution in [1.82, 2.24) is 4.90 Å². The van der Waals surface area contributed by atoms with Crippen LogP contribution in [0.2, 0.25) is 5.02 Å². The maximum atomic E-state index is 12.0. The minimum Gasteiger partial charge on any atom is -0.268 e. The Hall–Kier alpha value is -2.30. The zero-order chi connectivity index (χ0) is 15.6. The summed E-state index contributed by atoms with van der Waals surface area (Å²) in [5.41, 5.74) is 0.130. The molecule has 0 saturated carbocycles. The van der Waals surface area contributed by atoms with Gasteiger partial charge in [0.25, 0.3) is 16.8 Å². The maximum Gasteiger partial charge on any atom is 0.294 e. The molecule has 0 aliphatic carbocycles. The highest BCUT2D eigenvalue weighted by molar-refractivity contribution is 8.18. The zero-order valence-electron chi connectivity index (χ0n) is 10.4. The Morgan fingerprint density at radius 3 is 2.81 bits per heavy atom. The molecule has 106 valence electrons. The number of carbonyl (C=O) groups is 2. The van der Waals surface area contributed by atoms with E-state index in [4.69, 9.17) is 18.0 Å². The van der Waals surface area contributed by atoms with Gasteiger partial charge in [-0.05, 0) is 29.5 Å². The fraction of sp³-hybridized carbons (Fsp3) is 0.0769. The van der Waals surface area contributed by atoms with Crippen molar-refractivity contribution >= 4 is 46.3 Å². The summed E-state index contributed by atoms with van der Waals surface area (Å²) in [7, 11) is 0. The molecule has 0 atom stereocenters. The van der Waals surface area contributed by atoms with Crippen molar-refractivity contribution in [3.8, 4) is 12.3 Å². The first-order valence-corrected chi connectivity index (χ1v) is 6.76. The van der Waals surface area contributed by atoms with E-state index in [1.807, 2.05) is 0 Å². The first-order valence-electron chi connectivity index (χ1n) is 5.57. The molecule has 0 N–H and O–H groups in total. The molecule has 1 fully saturated rings. The SMILES string of the molecule is C#CCN1C(=O)SC(=Cc2ccc(Cl)c([N+](=O)[O-])c2)C1=O. The number of nitro benzene ring substituents is 1. The third-order valence-corrected chi connectivity index (χ3v) is 3.81. The molecule has 0 unspecified atom stereocenters. The number of imide groups is 1. The molecule has 0 radical (unpaired) electrons. The van der Waals surface area contributed by atoms with Gasteiger partial charge < -0.3 is 0 Å². The number of rotatable bonds is 3. The van der Waals surface area contributed by atoms with Crippen molar-refractivity contribution in [2.24, 2.45) is 0 Å². The Labute approximate surface area is 128 Å². The first kappa shape index (κ1) is 15.1. The monoisotopic (exact) mass is 322 g/mol. The van der Waals surface area contributed by atoms with E-state index >= 15 is 0 Å². The van der Waals surface area contributed by atoms with Gasteiger partial charge >= 0.3 is 0 Å². The van der Waals surface area contributed by atoms with E-state index in [0.717, 1.165) is 16.7 Å². The predicted molar refractivity (Wildman–Crippen MR) is 79.6 cm³/mol. The van der Waals surface area contributed by atoms with E-state index in [2.05, 4.69) is 5.92 Å². The average Bonchev–Trinajstić information content (AvgIpc) is 2.69. The Balaban J connectivity index is 2.35. The molecular weight excluding hydrogens is 316 g/mol. The first-order chi connectivity index (χ1) is 9.93. The number of terminal acetylenes is 1. The Bertz CT molecular complexity index is 723. The van der Waals surface area contributed by atoms with Crippen molar-refractivity contribution < 1.29 is 14.5 Å². The maximum absolute atomic E-state index is 12.0. The van der Waals surface area contributed by atoms with Gasteiger partial charge in [-0.1, -0.05) is 23.6 Å². The zero-order valence-corrected chi connectivity index (χ0v) is 12.0. The molecule has 2 rings (SSSR count). The van der Waals surface area contributed by atoms with Gasteiger partial charge in [-0.25, -0.2) is 0 Å². The molecule has 0 bridgehead atoms. The summed E-state index contributed by atoms with van der Waals surface area (Å²) >= 11 is 6.44. The van der Waals surface area contributed by atoms with Gasteiger partial charge in [-0.3, -0.25) is 24.6 Å². The second-order valence-electron chi connectivity index (χ2n) is 3.94. The molecule has 1 heterocycles. The van der Waals surface area contributed by atoms with Crippen LogP contribution in [-0.4, -0.2) is 27.5 Å². The summed E-state index contributed by atoms with van der Waals surface area (Å²) < 4.78 is 0. The molecule has 0 aromatic heterocycles. The van der Waals surface area contributed by atoms with Crippen LogP contribution in [0.5, 0.6) is 0 Å². The van der Waals surface area contributed by atoms with Crippen LogP contribution in [0, 0.1) is 22.5 Å². The van der Waals surface area contributed by atoms with Crippen molar-refractivity contribution in [3.05, 3.63) is 43.8 Å². The molecule has 8 heteroatoms. The van der Waals surface area contributed by atoms with Crippen LogP contribution in [-0.2, 0) is 4.79 Å². The number of thioether (sulfide) groups is 1. The van der Waals surface area contributed by atoms with Gasteiger partial charge in [0, 0.05) is 6.07 Å². The number of nitro groups is 1. The van der Waals surface area contributed by atoms with E-state index in [0.29, 0.717) is 5.56 Å². The van der Waals surface area contributed by atoms with Gasteiger partial charge in [0.2, 0.25) is 0 Å². The molecule has 0 spiro atoms. The number of nitrogens with zero attached hydrogens (tertiary/aromatic N) is 2. The minimum atomic E-state index is -0.621. The lowest BCUT2D eigenvalue weighted by molar-refractivity contribution is -0.384. The molecule has 1 saturated heterocycles. The number of carbonyl (C=O) groups excluding carboxylic acids is 2. The summed E-state index contributed by atoms with van der Waals surface area (Å²) in [5.74, 6) is 1.71. The minimum absolute atomic E-state index is 0.00224. The standard InChI is InChI=1S/C13H7ClN2O4S/c1-2-5-15-12(17)11(21-13(15)18)7-8-3-4-9(14)10(6-8)16(19)20/h1,3-4,6-7H,5H2. The number of hydrogen-bond acceptors (Lipinski definition) is 5. The highest BCUT2D eigenvalue weighted by atomic mass is 35.5. The summed E-state index contributed by atoms with van der Waals surface area (Å²) in [6.45, 7) is -0.108. The fourth-order valence-electron chi connectivity index (χ4n) is 1.64. The average molecular weight is 323 g/mol. The molecule has 1 aliphatic rings. The Morgan fingerprint density at radius 2 is 2.19 bits per heavy atom. The third kappa shape index (κ3) is 3.07. The highest BCUT2D eigenvalue weighted by Crippen LogP contribution is 2.33. The van der Waals surface area contributed by atoms with E-state index in [9.17, 15) is 19.7 Å². The van der Waals surface area contributed by atoms with E-state index in [1.54, 1.807) is 0 Å². The van der Waals surface area contributed by atoms with Crippen molar-refractivity contribution in [2.75, 3.05) is 6.54 Å². The fourth-order valence-corrected chi connectivity index (χ4v) is 2.66. The third-order valence-electron chi connectivity index (χ3n) is 2.59. The second kappa shape index (κ2) is 5.99. The van der Waals surface area contributed by atoms with Crippen LogP contribution in [0.3, 0.4) is 0 Å². The highest BCUT2D eigenvalue weighted by Gasteiger charge is 2.34. The van der Waals surface area contributed by atoms with E-state index < -0.39 is 16.1 Å². The lowest BCUT2D eigenvalue weighted by atomic mass is 10.2. The summed E-state index contributed by atoms with van der Waals surface area (Å²) in [5, 5.41) is 10.3. The smallest absolute Gasteiger partial charge is 0.268 e. The lowest BCUT2D eigenvalue weighted by Crippen LogP contribution is -2.28. The van der Waals surface area contributed by atoms with Gasteiger partial charge in [0.1, 0.15) is 5.02 Å². The largest absolute Gasteiger partial charge is 0.294 e. The van der Waals surface area contributed by atoms with Crippen LogP contribution in [0.25, 0.3) is 6.08 Å². The Morgan fingerprint density at radius 1 is 1.48 bits per heavy atom. The molecule has 2 amide bonds. The van der Waals surface area contributed by atoms with E-state index in [-0.39, 0.29) is 22.2 Å². The second-order valence-corrected chi connectivity index (χ2v) is 5.34. The van der Waals surface area contributed by atoms with Gasteiger partial charge in [0.05, 0.1) is 16.4 Å². The number of hydrogen-bond donors (Lipinski definition) is 0. The normalized spacial score (nSPS) is 16.4. The summed E-state index contributed by atoms with van der Waals surface area (Å²) in [4.78, 5) is 34.8. The molecule has 21 heavy (non-hydrogen) atoms. The van der Waals surface area contributed by atoms with Crippen molar-refractivity contribution in [3.63, 3.8) is 0 Å². The molecular formula is C13H7ClN2O4S. The summed E-state index contributed by atoms with van der Waals surface area (Å²) in [6, 6.07) is 4.11. The van der Waals surface area contributed by atoms with Gasteiger partial charge in [0.15, 0.2) is 0 Å². The molecule has 6 nitrogen and oxygen atoms in total. The quantitative estimate of drug-likeness (QED) is 0.370. The predicted octanol–water partition coefficient (Wildman–Crippen LogP) is 2.92. The van der Waals surface area contributed by atoms with Crippen LogP contribution in [0.4, 0.5) is 10.5 Å². The van der Waals surface area contributed by atoms with E-state index in [1.165, 1.54) is 24.3 Å². The number of amides is 2. The lowest BCUT2D eigenvalue weighted by Gasteiger charge is -2.06. The van der Waals surface area contributed by atoms with Crippen LogP contribution in [0.1, 0.15) is 5.56 Å². The van der Waals surface area contributed by atoms with Crippen LogP contribution < -0.4 is 0 Å². The van der Waals surface area contributed by atoms with Gasteiger partial charge in [-0.2, -0.15) is 0 Å². The van der Waals surface area contributed by atoms with Crippen LogP contribution >= 0.6 is 23.4 Å². The van der Waals surface area contributed by atoms with Crippen molar-refractivity contribution in [1.29, 1.82) is 0 Å². The Kier molecular flexibility index (Phi) is 4.31. The summed E-state index contributed by atoms with van der Waals surface area (Å²) in [6.07, 6.45) is 6.48. The molecule has 1 aliphatic heterocycles. The topological polar surface area (TPSA) is 80.5 Å². The number of benzene rings is 1. The van der Waals surface area contributed by atoms with Crippen molar-refractivity contribution in [2.45, 2.75) is 0 Å². The molecule has 1 aromatic rings.